The van der Waals surface area contributed by atoms with Crippen molar-refractivity contribution in [3.05, 3.63) is 35.6 Å². The van der Waals surface area contributed by atoms with E-state index in [1.807, 2.05) is 6.07 Å². The van der Waals surface area contributed by atoms with Crippen LogP contribution in [0.1, 0.15) is 18.4 Å². The molecule has 1 N–H and O–H groups in total. The summed E-state index contributed by atoms with van der Waals surface area (Å²) >= 11 is 0. The van der Waals surface area contributed by atoms with E-state index in [9.17, 15) is 14.0 Å². The fraction of sp³-hybridized carbons (Fsp3) is 0.529. The molecule has 0 unspecified atom stereocenters. The Morgan fingerprint density at radius 1 is 1.35 bits per heavy atom. The van der Waals surface area contributed by atoms with E-state index in [1.165, 1.54) is 6.07 Å². The molecule has 0 saturated carbocycles. The minimum atomic E-state index is -0.230. The van der Waals surface area contributed by atoms with Gasteiger partial charge in [-0.25, -0.2) is 4.39 Å². The maximum Gasteiger partial charge on any atom is 0.239 e. The SMILES string of the molecule is O=C1CN(C(=O)[C@H]2CCCN(Cc3cccc(F)c3)C2)CCN1. The summed E-state index contributed by atoms with van der Waals surface area (Å²) in [5.74, 6) is -0.310. The molecule has 2 aliphatic heterocycles. The molecule has 5 nitrogen and oxygen atoms in total. The van der Waals surface area contributed by atoms with Crippen molar-refractivity contribution in [1.82, 2.24) is 15.1 Å². The van der Waals surface area contributed by atoms with E-state index in [4.69, 9.17) is 0 Å². The molecule has 1 aromatic carbocycles. The molecule has 2 heterocycles. The normalized spacial score (nSPS) is 22.7. The standard InChI is InChI=1S/C17H22FN3O2/c18-15-5-1-3-13(9-15)10-20-7-2-4-14(11-20)17(23)21-8-6-19-16(22)12-21/h1,3,5,9,14H,2,4,6-8,10-12H2,(H,19,22)/t14-/m0/s1. The molecular formula is C17H22FN3O2. The van der Waals surface area contributed by atoms with Crippen LogP contribution in [0.3, 0.4) is 0 Å². The number of nitrogens with one attached hydrogen (secondary N) is 1. The molecule has 2 fully saturated rings. The predicted molar refractivity (Wildman–Crippen MR) is 84.0 cm³/mol. The number of hydrogen-bond acceptors (Lipinski definition) is 3. The number of halogens is 1. The minimum Gasteiger partial charge on any atom is -0.353 e. The van der Waals surface area contributed by atoms with Gasteiger partial charge in [-0.3, -0.25) is 14.5 Å². The highest BCUT2D eigenvalue weighted by Gasteiger charge is 2.31. The van der Waals surface area contributed by atoms with Gasteiger partial charge in [0.05, 0.1) is 12.5 Å². The highest BCUT2D eigenvalue weighted by molar-refractivity contribution is 5.87. The molecule has 0 aliphatic carbocycles. The third-order valence-electron chi connectivity index (χ3n) is 4.50. The van der Waals surface area contributed by atoms with Crippen molar-refractivity contribution >= 4 is 11.8 Å². The second-order valence-corrected chi connectivity index (χ2v) is 6.31. The molecule has 6 heteroatoms. The number of benzene rings is 1. The van der Waals surface area contributed by atoms with Gasteiger partial charge in [0.15, 0.2) is 0 Å². The number of carbonyl (C=O) groups is 2. The lowest BCUT2D eigenvalue weighted by atomic mass is 9.95. The predicted octanol–water partition coefficient (Wildman–Crippen LogP) is 0.996. The number of rotatable bonds is 3. The molecule has 124 valence electrons. The summed E-state index contributed by atoms with van der Waals surface area (Å²) in [6, 6.07) is 6.60. The van der Waals surface area contributed by atoms with Crippen molar-refractivity contribution in [1.29, 1.82) is 0 Å². The fourth-order valence-electron chi connectivity index (χ4n) is 3.38. The van der Waals surface area contributed by atoms with Crippen LogP contribution in [-0.2, 0) is 16.1 Å². The molecule has 3 rings (SSSR count). The van der Waals surface area contributed by atoms with Crippen LogP contribution >= 0.6 is 0 Å². The van der Waals surface area contributed by atoms with Gasteiger partial charge in [0.2, 0.25) is 11.8 Å². The smallest absolute Gasteiger partial charge is 0.239 e. The molecule has 23 heavy (non-hydrogen) atoms. The molecule has 0 radical (unpaired) electrons. The molecule has 0 spiro atoms. The summed E-state index contributed by atoms with van der Waals surface area (Å²) in [5.41, 5.74) is 0.926. The number of nitrogens with zero attached hydrogens (tertiary/aromatic N) is 2. The van der Waals surface area contributed by atoms with Gasteiger partial charge in [-0.1, -0.05) is 12.1 Å². The molecule has 2 saturated heterocycles. The second-order valence-electron chi connectivity index (χ2n) is 6.31. The Morgan fingerprint density at radius 2 is 2.22 bits per heavy atom. The van der Waals surface area contributed by atoms with E-state index in [0.717, 1.165) is 24.9 Å². The number of likely N-dealkylation sites (tertiary alicyclic amines) is 1. The number of amides is 2. The van der Waals surface area contributed by atoms with Crippen LogP contribution in [0.4, 0.5) is 4.39 Å². The van der Waals surface area contributed by atoms with Gasteiger partial charge in [0.25, 0.3) is 0 Å². The van der Waals surface area contributed by atoms with Crippen molar-refractivity contribution in [3.63, 3.8) is 0 Å². The third-order valence-corrected chi connectivity index (χ3v) is 4.50. The lowest BCUT2D eigenvalue weighted by molar-refractivity contribution is -0.142. The number of piperazine rings is 1. The van der Waals surface area contributed by atoms with E-state index in [1.54, 1.807) is 17.0 Å². The van der Waals surface area contributed by atoms with Gasteiger partial charge in [0, 0.05) is 26.2 Å². The average Bonchev–Trinajstić information content (AvgIpc) is 2.54. The first-order valence-corrected chi connectivity index (χ1v) is 8.14. The van der Waals surface area contributed by atoms with Crippen molar-refractivity contribution < 1.29 is 14.0 Å². The second kappa shape index (κ2) is 7.08. The van der Waals surface area contributed by atoms with Crippen molar-refractivity contribution in [2.24, 2.45) is 5.92 Å². The van der Waals surface area contributed by atoms with Crippen LogP contribution in [0.15, 0.2) is 24.3 Å². The van der Waals surface area contributed by atoms with E-state index in [2.05, 4.69) is 10.2 Å². The molecule has 2 amide bonds. The van der Waals surface area contributed by atoms with E-state index in [0.29, 0.717) is 26.2 Å². The molecule has 1 aromatic rings. The first-order chi connectivity index (χ1) is 11.1. The van der Waals surface area contributed by atoms with Crippen LogP contribution in [-0.4, -0.2) is 54.3 Å². The average molecular weight is 319 g/mol. The lowest BCUT2D eigenvalue weighted by Crippen LogP contribution is -2.53. The highest BCUT2D eigenvalue weighted by atomic mass is 19.1. The topological polar surface area (TPSA) is 52.7 Å². The van der Waals surface area contributed by atoms with Gasteiger partial charge < -0.3 is 10.2 Å². The van der Waals surface area contributed by atoms with E-state index in [-0.39, 0.29) is 30.1 Å². The summed E-state index contributed by atoms with van der Waals surface area (Å²) in [6.07, 6.45) is 1.81. The minimum absolute atomic E-state index is 0.0665. The van der Waals surface area contributed by atoms with E-state index >= 15 is 0 Å². The van der Waals surface area contributed by atoms with Crippen molar-refractivity contribution in [2.75, 3.05) is 32.7 Å². The van der Waals surface area contributed by atoms with Crippen molar-refractivity contribution in [3.8, 4) is 0 Å². The van der Waals surface area contributed by atoms with Crippen molar-refractivity contribution in [2.45, 2.75) is 19.4 Å². The Balaban J connectivity index is 1.59. The van der Waals surface area contributed by atoms with Crippen LogP contribution in [0.5, 0.6) is 0 Å². The summed E-state index contributed by atoms with van der Waals surface area (Å²) in [4.78, 5) is 27.9. The largest absolute Gasteiger partial charge is 0.353 e. The maximum atomic E-state index is 13.3. The summed E-state index contributed by atoms with van der Waals surface area (Å²) in [5, 5.41) is 2.74. The zero-order chi connectivity index (χ0) is 16.2. The zero-order valence-corrected chi connectivity index (χ0v) is 13.1. The zero-order valence-electron chi connectivity index (χ0n) is 13.1. The van der Waals surface area contributed by atoms with Crippen LogP contribution < -0.4 is 5.32 Å². The molecule has 0 bridgehead atoms. The first-order valence-electron chi connectivity index (χ1n) is 8.14. The quantitative estimate of drug-likeness (QED) is 0.904. The Kier molecular flexibility index (Phi) is 4.91. The Morgan fingerprint density at radius 3 is 3.00 bits per heavy atom. The maximum absolute atomic E-state index is 13.3. The summed E-state index contributed by atoms with van der Waals surface area (Å²) in [7, 11) is 0. The third kappa shape index (κ3) is 4.07. The summed E-state index contributed by atoms with van der Waals surface area (Å²) in [6.45, 7) is 3.53. The molecule has 0 aromatic heterocycles. The van der Waals surface area contributed by atoms with Gasteiger partial charge in [-0.15, -0.1) is 0 Å². The van der Waals surface area contributed by atoms with Crippen LogP contribution in [0.25, 0.3) is 0 Å². The Labute approximate surface area is 135 Å². The van der Waals surface area contributed by atoms with Gasteiger partial charge in [0.1, 0.15) is 5.82 Å². The monoisotopic (exact) mass is 319 g/mol. The Bertz CT molecular complexity index is 593. The number of piperidine rings is 1. The molecule has 2 aliphatic rings. The fourth-order valence-corrected chi connectivity index (χ4v) is 3.38. The highest BCUT2D eigenvalue weighted by Crippen LogP contribution is 2.21. The van der Waals surface area contributed by atoms with Crippen LogP contribution in [0.2, 0.25) is 0 Å². The lowest BCUT2D eigenvalue weighted by Gasteiger charge is -2.36. The molecule has 1 atom stereocenters. The number of hydrogen-bond donors (Lipinski definition) is 1. The van der Waals surface area contributed by atoms with Gasteiger partial charge in [-0.05, 0) is 37.1 Å². The Hall–Kier alpha value is -1.95. The van der Waals surface area contributed by atoms with Gasteiger partial charge in [-0.2, -0.15) is 0 Å². The van der Waals surface area contributed by atoms with Gasteiger partial charge >= 0.3 is 0 Å². The molecular weight excluding hydrogens is 297 g/mol. The number of carbonyl (C=O) groups excluding carboxylic acids is 2. The first kappa shape index (κ1) is 15.9. The van der Waals surface area contributed by atoms with Crippen LogP contribution in [0, 0.1) is 11.7 Å². The van der Waals surface area contributed by atoms with E-state index < -0.39 is 0 Å². The summed E-state index contributed by atoms with van der Waals surface area (Å²) < 4.78 is 13.3.